The maximum absolute atomic E-state index is 12.0. The molecule has 7 heteroatoms. The number of esters is 1. The molecule has 0 radical (unpaired) electrons. The van der Waals surface area contributed by atoms with Crippen LogP contribution in [0.1, 0.15) is 13.3 Å². The Morgan fingerprint density at radius 1 is 1.53 bits per heavy atom. The summed E-state index contributed by atoms with van der Waals surface area (Å²) in [5.74, 6) is -3.22. The smallest absolute Gasteiger partial charge is 0.455 e. The lowest BCUT2D eigenvalue weighted by Gasteiger charge is -2.10. The Kier molecular flexibility index (Phi) is 5.13. The fraction of sp³-hybridized carbons (Fsp3) is 0.500. The third kappa shape index (κ3) is 4.20. The third-order valence-corrected chi connectivity index (χ3v) is 1.38. The van der Waals surface area contributed by atoms with Gasteiger partial charge in [0.15, 0.2) is 0 Å². The molecule has 3 N–H and O–H groups in total. The average Bonchev–Trinajstić information content (AvgIpc) is 2.14. The van der Waals surface area contributed by atoms with Crippen molar-refractivity contribution in [2.24, 2.45) is 0 Å². The van der Waals surface area contributed by atoms with E-state index >= 15 is 0 Å². The van der Waals surface area contributed by atoms with Gasteiger partial charge < -0.3 is 15.2 Å². The van der Waals surface area contributed by atoms with E-state index in [0.717, 1.165) is 0 Å². The van der Waals surface area contributed by atoms with E-state index in [4.69, 9.17) is 5.11 Å². The third-order valence-electron chi connectivity index (χ3n) is 1.38. The van der Waals surface area contributed by atoms with Crippen LogP contribution in [0.4, 0.5) is 13.2 Å². The molecule has 0 amide bonds. The van der Waals surface area contributed by atoms with Gasteiger partial charge in [-0.3, -0.25) is 0 Å². The minimum atomic E-state index is -4.98. The summed E-state index contributed by atoms with van der Waals surface area (Å²) in [7, 11) is 3.01. The number of aliphatic hydroxyl groups excluding tert-OH is 1. The number of rotatable bonds is 4. The second-order valence-corrected chi connectivity index (χ2v) is 2.60. The molecule has 0 atom stereocenters. The zero-order chi connectivity index (χ0) is 12.1. The van der Waals surface area contributed by atoms with Crippen LogP contribution in [0.25, 0.3) is 0 Å². The van der Waals surface area contributed by atoms with E-state index in [9.17, 15) is 18.0 Å². The Bertz CT molecular complexity index is 260. The van der Waals surface area contributed by atoms with E-state index in [1.807, 2.05) is 0 Å². The van der Waals surface area contributed by atoms with E-state index in [1.54, 1.807) is 6.92 Å². The molecule has 15 heavy (non-hydrogen) atoms. The van der Waals surface area contributed by atoms with Crippen LogP contribution in [0.5, 0.6) is 0 Å². The van der Waals surface area contributed by atoms with Gasteiger partial charge in [0.05, 0.1) is 6.61 Å². The van der Waals surface area contributed by atoms with Crippen LogP contribution in [0, 0.1) is 7.05 Å². The van der Waals surface area contributed by atoms with Gasteiger partial charge in [0.2, 0.25) is 5.70 Å². The molecule has 0 aliphatic heterocycles. The number of halogens is 3. The fourth-order valence-electron chi connectivity index (χ4n) is 0.702. The maximum atomic E-state index is 12.0. The van der Waals surface area contributed by atoms with Gasteiger partial charge in [-0.05, 0) is 6.42 Å². The molecule has 0 aromatic rings. The molecular weight excluding hydrogens is 215 g/mol. The first kappa shape index (κ1) is 13.8. The molecule has 0 aliphatic carbocycles. The highest BCUT2D eigenvalue weighted by molar-refractivity contribution is 5.86. The molecule has 0 heterocycles. The fourth-order valence-corrected chi connectivity index (χ4v) is 0.702. The number of aliphatic hydroxyl groups is 1. The van der Waals surface area contributed by atoms with Gasteiger partial charge in [0, 0.05) is 0 Å². The van der Waals surface area contributed by atoms with Crippen LogP contribution < -0.4 is 5.32 Å². The Hall–Kier alpha value is -1.24. The normalized spacial score (nSPS) is 13.4. The monoisotopic (exact) mass is 227 g/mol. The van der Waals surface area contributed by atoms with Crippen LogP contribution in [-0.4, -0.2) is 23.9 Å². The highest BCUT2D eigenvalue weighted by Gasteiger charge is 2.40. The predicted octanol–water partition coefficient (Wildman–Crippen LogP) is 0.626. The molecular formula is C8H12F3NO3. The largest absolute Gasteiger partial charge is 0.500 e. The van der Waals surface area contributed by atoms with Crippen molar-refractivity contribution in [2.45, 2.75) is 19.5 Å². The predicted molar refractivity (Wildman–Crippen MR) is 44.2 cm³/mol. The van der Waals surface area contributed by atoms with Crippen LogP contribution in [0.2, 0.25) is 0 Å². The van der Waals surface area contributed by atoms with Crippen molar-refractivity contribution < 1.29 is 33.1 Å². The summed E-state index contributed by atoms with van der Waals surface area (Å²) in [6.45, 7) is 1.68. The van der Waals surface area contributed by atoms with Crippen LogP contribution in [0.15, 0.2) is 11.5 Å². The minimum absolute atomic E-state index is 0.0126. The van der Waals surface area contributed by atoms with Crippen LogP contribution >= 0.6 is 0 Å². The summed E-state index contributed by atoms with van der Waals surface area (Å²) in [5.41, 5.74) is -0.976. The zero-order valence-corrected chi connectivity index (χ0v) is 8.10. The van der Waals surface area contributed by atoms with Crippen molar-refractivity contribution in [3.63, 3.8) is 0 Å². The number of nitrogens with two attached hydrogens (primary N) is 1. The number of ether oxygens (including phenoxy) is 1. The zero-order valence-electron chi connectivity index (χ0n) is 8.10. The first-order valence-electron chi connectivity index (χ1n) is 4.14. The lowest BCUT2D eigenvalue weighted by atomic mass is 10.3. The average molecular weight is 227 g/mol. The summed E-state index contributed by atoms with van der Waals surface area (Å²) in [6, 6.07) is 0. The standard InChI is InChI=1S/C8H12F3NO3/c1-3-4-15-7(14)5(12-2)6(13)8(9,10)11/h13H,2-4,12H2,1H3/b6-5+. The first-order chi connectivity index (χ1) is 6.84. The topological polar surface area (TPSA) is 63.1 Å². The van der Waals surface area contributed by atoms with Crippen molar-refractivity contribution in [1.29, 1.82) is 0 Å². The Morgan fingerprint density at radius 2 is 2.07 bits per heavy atom. The number of hydrogen-bond donors (Lipinski definition) is 2. The maximum Gasteiger partial charge on any atom is 0.455 e. The van der Waals surface area contributed by atoms with E-state index in [0.29, 0.717) is 11.7 Å². The lowest BCUT2D eigenvalue weighted by Crippen LogP contribution is -2.77. The molecule has 0 bridgehead atoms. The molecule has 0 fully saturated rings. The molecule has 0 unspecified atom stereocenters. The molecule has 0 aromatic carbocycles. The number of allylic oxidation sites excluding steroid dienone is 1. The van der Waals surface area contributed by atoms with Gasteiger partial charge in [-0.15, -0.1) is 7.05 Å². The van der Waals surface area contributed by atoms with E-state index in [-0.39, 0.29) is 6.61 Å². The summed E-state index contributed by atoms with van der Waals surface area (Å²) in [4.78, 5) is 11.0. The second-order valence-electron chi connectivity index (χ2n) is 2.60. The van der Waals surface area contributed by atoms with Crippen molar-refractivity contribution in [2.75, 3.05) is 6.61 Å². The van der Waals surface area contributed by atoms with Gasteiger partial charge in [-0.1, -0.05) is 6.92 Å². The van der Waals surface area contributed by atoms with Gasteiger partial charge in [0.1, 0.15) is 0 Å². The number of alkyl halides is 3. The molecule has 0 saturated heterocycles. The quantitative estimate of drug-likeness (QED) is 0.320. The molecule has 0 saturated carbocycles. The van der Waals surface area contributed by atoms with Crippen molar-refractivity contribution >= 4 is 5.97 Å². The molecule has 0 aromatic heterocycles. The SMILES string of the molecule is [CH2-][NH2+]/C(C(=O)OCCC)=C(/O)C(F)(F)F. The summed E-state index contributed by atoms with van der Waals surface area (Å²) in [6.07, 6.45) is -4.50. The molecule has 4 nitrogen and oxygen atoms in total. The highest BCUT2D eigenvalue weighted by Crippen LogP contribution is 2.24. The van der Waals surface area contributed by atoms with Crippen molar-refractivity contribution in [3.05, 3.63) is 18.5 Å². The molecule has 88 valence electrons. The first-order valence-corrected chi connectivity index (χ1v) is 4.14. The molecule has 0 spiro atoms. The van der Waals surface area contributed by atoms with Crippen molar-refractivity contribution in [3.8, 4) is 0 Å². The van der Waals surface area contributed by atoms with Crippen molar-refractivity contribution in [1.82, 2.24) is 0 Å². The number of carbonyl (C=O) groups is 1. The lowest BCUT2D eigenvalue weighted by molar-refractivity contribution is -0.541. The Labute approximate surface area is 84.7 Å². The molecule has 0 aliphatic rings. The van der Waals surface area contributed by atoms with E-state index in [1.165, 1.54) is 0 Å². The van der Waals surface area contributed by atoms with Crippen LogP contribution in [-0.2, 0) is 9.53 Å². The molecule has 0 rings (SSSR count). The van der Waals surface area contributed by atoms with Crippen LogP contribution in [0.3, 0.4) is 0 Å². The minimum Gasteiger partial charge on any atom is -0.500 e. The van der Waals surface area contributed by atoms with E-state index in [2.05, 4.69) is 11.8 Å². The number of quaternary nitrogens is 1. The second kappa shape index (κ2) is 5.59. The van der Waals surface area contributed by atoms with Gasteiger partial charge in [-0.25, -0.2) is 4.79 Å². The summed E-state index contributed by atoms with van der Waals surface area (Å²) >= 11 is 0. The highest BCUT2D eigenvalue weighted by atomic mass is 19.4. The summed E-state index contributed by atoms with van der Waals surface area (Å²) in [5, 5.41) is 9.31. The number of carbonyl (C=O) groups excluding carboxylic acids is 1. The van der Waals surface area contributed by atoms with Gasteiger partial charge in [0.25, 0.3) is 5.76 Å². The van der Waals surface area contributed by atoms with Gasteiger partial charge in [-0.2, -0.15) is 13.2 Å². The summed E-state index contributed by atoms with van der Waals surface area (Å²) < 4.78 is 40.4. The number of hydrogen-bond acceptors (Lipinski definition) is 3. The van der Waals surface area contributed by atoms with Gasteiger partial charge >= 0.3 is 12.1 Å². The van der Waals surface area contributed by atoms with E-state index < -0.39 is 23.6 Å². The Morgan fingerprint density at radius 3 is 2.40 bits per heavy atom. The Balaban J connectivity index is 4.81.